The fourth-order valence-corrected chi connectivity index (χ4v) is 3.65. The second-order valence-electron chi connectivity index (χ2n) is 7.99. The first kappa shape index (κ1) is 19.9. The van der Waals surface area contributed by atoms with Crippen molar-refractivity contribution in [1.29, 1.82) is 0 Å². The third-order valence-electron chi connectivity index (χ3n) is 5.61. The molecule has 1 heterocycles. The second kappa shape index (κ2) is 8.05. The molecular weight excluding hydrogens is 344 g/mol. The normalized spacial score (nSPS) is 11.1. The molecular formula is C25H30N2O. The number of aryl methyl sites for hydroxylation is 1. The minimum absolute atomic E-state index is 0.0568. The number of rotatable bonds is 5. The first-order valence-corrected chi connectivity index (χ1v) is 9.91. The van der Waals surface area contributed by atoms with E-state index in [-0.39, 0.29) is 5.91 Å². The van der Waals surface area contributed by atoms with Crippen LogP contribution in [-0.4, -0.2) is 10.5 Å². The Labute approximate surface area is 168 Å². The molecule has 28 heavy (non-hydrogen) atoms. The van der Waals surface area contributed by atoms with E-state index in [1.807, 2.05) is 19.1 Å². The summed E-state index contributed by atoms with van der Waals surface area (Å²) in [5, 5.41) is 3.08. The van der Waals surface area contributed by atoms with Gasteiger partial charge >= 0.3 is 0 Å². The van der Waals surface area contributed by atoms with Crippen LogP contribution in [0.3, 0.4) is 0 Å². The van der Waals surface area contributed by atoms with Crippen molar-refractivity contribution in [2.75, 3.05) is 5.32 Å². The fourth-order valence-electron chi connectivity index (χ4n) is 3.65. The summed E-state index contributed by atoms with van der Waals surface area (Å²) < 4.78 is 2.14. The van der Waals surface area contributed by atoms with Gasteiger partial charge in [-0.3, -0.25) is 4.79 Å². The van der Waals surface area contributed by atoms with E-state index in [1.54, 1.807) is 0 Å². The van der Waals surface area contributed by atoms with Crippen LogP contribution in [0.4, 0.5) is 5.69 Å². The summed E-state index contributed by atoms with van der Waals surface area (Å²) in [6.07, 6.45) is 0. The minimum Gasteiger partial charge on any atom is -0.336 e. The summed E-state index contributed by atoms with van der Waals surface area (Å²) >= 11 is 0. The molecule has 3 nitrogen and oxygen atoms in total. The lowest BCUT2D eigenvalue weighted by molar-refractivity contribution is 0.101. The van der Waals surface area contributed by atoms with Crippen molar-refractivity contribution in [3.63, 3.8) is 0 Å². The Hall–Kier alpha value is -2.81. The van der Waals surface area contributed by atoms with Crippen molar-refractivity contribution in [3.05, 3.63) is 87.7 Å². The fraction of sp³-hybridized carbons (Fsp3) is 0.320. The first-order valence-electron chi connectivity index (χ1n) is 9.91. The van der Waals surface area contributed by atoms with Gasteiger partial charge in [-0.25, -0.2) is 0 Å². The van der Waals surface area contributed by atoms with Crippen LogP contribution in [0.15, 0.2) is 48.5 Å². The van der Waals surface area contributed by atoms with Gasteiger partial charge in [-0.15, -0.1) is 0 Å². The van der Waals surface area contributed by atoms with E-state index in [0.717, 1.165) is 22.6 Å². The highest BCUT2D eigenvalue weighted by Crippen LogP contribution is 2.24. The second-order valence-corrected chi connectivity index (χ2v) is 7.99. The molecule has 0 aliphatic heterocycles. The summed E-state index contributed by atoms with van der Waals surface area (Å²) in [6.45, 7) is 13.3. The summed E-state index contributed by atoms with van der Waals surface area (Å²) in [5.74, 6) is 0.419. The number of aromatic nitrogens is 1. The smallest absolute Gasteiger partial charge is 0.272 e. The highest BCUT2D eigenvalue weighted by molar-refractivity contribution is 6.04. The topological polar surface area (TPSA) is 34.0 Å². The number of amides is 1. The molecule has 1 N–H and O–H groups in total. The van der Waals surface area contributed by atoms with Crippen LogP contribution >= 0.6 is 0 Å². The molecule has 0 saturated carbocycles. The summed E-state index contributed by atoms with van der Waals surface area (Å²) in [6, 6.07) is 16.6. The average molecular weight is 375 g/mol. The van der Waals surface area contributed by atoms with E-state index in [0.29, 0.717) is 12.5 Å². The predicted octanol–water partition coefficient (Wildman–Crippen LogP) is 6.15. The number of anilines is 1. The quantitative estimate of drug-likeness (QED) is 0.571. The molecule has 0 aliphatic rings. The molecule has 146 valence electrons. The largest absolute Gasteiger partial charge is 0.336 e. The van der Waals surface area contributed by atoms with Crippen molar-refractivity contribution in [2.24, 2.45) is 0 Å². The van der Waals surface area contributed by atoms with Gasteiger partial charge < -0.3 is 9.88 Å². The molecule has 0 bridgehead atoms. The highest BCUT2D eigenvalue weighted by atomic mass is 16.2. The van der Waals surface area contributed by atoms with E-state index < -0.39 is 0 Å². The maximum absolute atomic E-state index is 13.2. The summed E-state index contributed by atoms with van der Waals surface area (Å²) in [4.78, 5) is 13.2. The predicted molar refractivity (Wildman–Crippen MR) is 117 cm³/mol. The molecule has 0 radical (unpaired) electrons. The third-order valence-corrected chi connectivity index (χ3v) is 5.61. The van der Waals surface area contributed by atoms with Crippen LogP contribution in [0.1, 0.15) is 63.8 Å². The first-order chi connectivity index (χ1) is 13.3. The molecule has 3 rings (SSSR count). The van der Waals surface area contributed by atoms with Crippen LogP contribution < -0.4 is 5.32 Å². The zero-order valence-corrected chi connectivity index (χ0v) is 17.8. The van der Waals surface area contributed by atoms with Gasteiger partial charge in [0, 0.05) is 17.9 Å². The number of hydrogen-bond acceptors (Lipinski definition) is 1. The van der Waals surface area contributed by atoms with Gasteiger partial charge in [-0.2, -0.15) is 0 Å². The molecule has 3 heteroatoms. The van der Waals surface area contributed by atoms with Crippen molar-refractivity contribution < 1.29 is 4.79 Å². The summed E-state index contributed by atoms with van der Waals surface area (Å²) in [7, 11) is 0. The van der Waals surface area contributed by atoms with E-state index >= 15 is 0 Å². The number of nitrogens with zero attached hydrogens (tertiary/aromatic N) is 1. The Morgan fingerprint density at radius 2 is 1.64 bits per heavy atom. The maximum Gasteiger partial charge on any atom is 0.272 e. The van der Waals surface area contributed by atoms with Crippen LogP contribution in [0.25, 0.3) is 0 Å². The Morgan fingerprint density at radius 1 is 0.964 bits per heavy atom. The van der Waals surface area contributed by atoms with Crippen LogP contribution in [0, 0.1) is 27.7 Å². The van der Waals surface area contributed by atoms with Crippen molar-refractivity contribution in [2.45, 2.75) is 54.0 Å². The lowest BCUT2D eigenvalue weighted by Crippen LogP contribution is -2.19. The van der Waals surface area contributed by atoms with Gasteiger partial charge in [0.05, 0.1) is 0 Å². The molecule has 0 spiro atoms. The van der Waals surface area contributed by atoms with E-state index in [9.17, 15) is 4.79 Å². The van der Waals surface area contributed by atoms with Crippen LogP contribution in [-0.2, 0) is 6.54 Å². The lowest BCUT2D eigenvalue weighted by Gasteiger charge is -2.14. The van der Waals surface area contributed by atoms with Gasteiger partial charge in [0.25, 0.3) is 5.91 Å². The monoisotopic (exact) mass is 374 g/mol. The van der Waals surface area contributed by atoms with Crippen molar-refractivity contribution in [3.8, 4) is 0 Å². The Bertz CT molecular complexity index is 994. The standard InChI is InChI=1S/C25H30N2O/c1-16(2)22-10-12-23(13-11-22)26-25(28)24-19(5)18(4)20(6)27(24)15-21-9-7-8-17(3)14-21/h7-14,16H,15H2,1-6H3,(H,26,28). The minimum atomic E-state index is -0.0568. The van der Waals surface area contributed by atoms with Crippen molar-refractivity contribution in [1.82, 2.24) is 4.57 Å². The zero-order valence-electron chi connectivity index (χ0n) is 17.8. The molecule has 0 unspecified atom stereocenters. The zero-order chi connectivity index (χ0) is 20.4. The lowest BCUT2D eigenvalue weighted by atomic mass is 10.0. The van der Waals surface area contributed by atoms with E-state index in [1.165, 1.54) is 22.3 Å². The van der Waals surface area contributed by atoms with Gasteiger partial charge in [-0.05, 0) is 68.0 Å². The SMILES string of the molecule is Cc1cccc(Cn2c(C)c(C)c(C)c2C(=O)Nc2ccc(C(C)C)cc2)c1. The molecule has 1 amide bonds. The summed E-state index contributed by atoms with van der Waals surface area (Å²) in [5.41, 5.74) is 8.62. The van der Waals surface area contributed by atoms with E-state index in [4.69, 9.17) is 0 Å². The number of benzene rings is 2. The molecule has 0 saturated heterocycles. The molecule has 3 aromatic rings. The van der Waals surface area contributed by atoms with Crippen LogP contribution in [0.2, 0.25) is 0 Å². The Morgan fingerprint density at radius 3 is 2.25 bits per heavy atom. The van der Waals surface area contributed by atoms with Gasteiger partial charge in [0.2, 0.25) is 0 Å². The van der Waals surface area contributed by atoms with Gasteiger partial charge in [0.1, 0.15) is 5.69 Å². The van der Waals surface area contributed by atoms with Crippen LogP contribution in [0.5, 0.6) is 0 Å². The van der Waals surface area contributed by atoms with E-state index in [2.05, 4.69) is 80.9 Å². The molecule has 1 aromatic heterocycles. The Kier molecular flexibility index (Phi) is 5.73. The number of hydrogen-bond donors (Lipinski definition) is 1. The molecule has 0 fully saturated rings. The highest BCUT2D eigenvalue weighted by Gasteiger charge is 2.21. The molecule has 0 atom stereocenters. The van der Waals surface area contributed by atoms with Crippen molar-refractivity contribution >= 4 is 11.6 Å². The number of carbonyl (C=O) groups excluding carboxylic acids is 1. The molecule has 0 aliphatic carbocycles. The number of nitrogens with one attached hydrogen (secondary N) is 1. The number of carbonyl (C=O) groups is 1. The Balaban J connectivity index is 1.92. The maximum atomic E-state index is 13.2. The molecule has 2 aromatic carbocycles. The third kappa shape index (κ3) is 4.04. The average Bonchev–Trinajstić information content (AvgIpc) is 2.86. The van der Waals surface area contributed by atoms with Gasteiger partial charge in [0.15, 0.2) is 0 Å². The van der Waals surface area contributed by atoms with Gasteiger partial charge in [-0.1, -0.05) is 55.8 Å².